The number of benzene rings is 1. The van der Waals surface area contributed by atoms with Crippen molar-refractivity contribution in [3.8, 4) is 0 Å². The van der Waals surface area contributed by atoms with Gasteiger partial charge in [0.2, 0.25) is 0 Å². The molecule has 104 valence electrons. The Labute approximate surface area is 112 Å². The van der Waals surface area contributed by atoms with Gasteiger partial charge in [-0.05, 0) is 43.9 Å². The first-order chi connectivity index (χ1) is 9.10. The summed E-state index contributed by atoms with van der Waals surface area (Å²) >= 11 is 0. The Kier molecular flexibility index (Phi) is 4.37. The predicted molar refractivity (Wildman–Crippen MR) is 71.6 cm³/mol. The first kappa shape index (κ1) is 13.8. The van der Waals surface area contributed by atoms with Crippen LogP contribution in [0.3, 0.4) is 0 Å². The lowest BCUT2D eigenvalue weighted by Gasteiger charge is -2.29. The molecule has 1 aliphatic rings. The molecular weight excluding hydrogens is 247 g/mol. The largest absolute Gasteiger partial charge is 0.382 e. The molecule has 0 heterocycles. The van der Waals surface area contributed by atoms with E-state index in [1.807, 2.05) is 0 Å². The minimum absolute atomic E-state index is 0.0735. The Morgan fingerprint density at radius 1 is 1.37 bits per heavy atom. The summed E-state index contributed by atoms with van der Waals surface area (Å²) in [6.45, 7) is 0. The highest BCUT2D eigenvalue weighted by Crippen LogP contribution is 2.24. The minimum atomic E-state index is -0.746. The highest BCUT2D eigenvalue weighted by Gasteiger charge is 2.21. The zero-order valence-electron chi connectivity index (χ0n) is 11.0. The molecule has 3 N–H and O–H groups in total. The molecule has 0 unspecified atom stereocenters. The number of carbonyl (C=O) groups excluding carboxylic acids is 1. The van der Waals surface area contributed by atoms with Crippen molar-refractivity contribution in [3.63, 3.8) is 0 Å². The van der Waals surface area contributed by atoms with Gasteiger partial charge in [-0.25, -0.2) is 4.39 Å². The van der Waals surface area contributed by atoms with Gasteiger partial charge in [-0.2, -0.15) is 0 Å². The van der Waals surface area contributed by atoms with E-state index in [2.05, 4.69) is 5.32 Å². The fraction of sp³-hybridized carbons (Fsp3) is 0.500. The molecule has 0 aliphatic heterocycles. The lowest BCUT2D eigenvalue weighted by molar-refractivity contribution is 0.0682. The van der Waals surface area contributed by atoms with Crippen molar-refractivity contribution in [2.45, 2.75) is 37.8 Å². The summed E-state index contributed by atoms with van der Waals surface area (Å²) in [5.41, 5.74) is 5.79. The average molecular weight is 266 g/mol. The lowest BCUT2D eigenvalue weighted by atomic mass is 9.92. The van der Waals surface area contributed by atoms with Crippen LogP contribution in [0.5, 0.6) is 0 Å². The van der Waals surface area contributed by atoms with Crippen LogP contribution >= 0.6 is 0 Å². The molecule has 1 aliphatic carbocycles. The van der Waals surface area contributed by atoms with Gasteiger partial charge in [0.15, 0.2) is 0 Å². The molecule has 0 atom stereocenters. The van der Waals surface area contributed by atoms with Crippen LogP contribution in [0, 0.1) is 5.82 Å². The van der Waals surface area contributed by atoms with Gasteiger partial charge in [0, 0.05) is 18.8 Å². The maximum absolute atomic E-state index is 13.4. The van der Waals surface area contributed by atoms with Crippen molar-refractivity contribution in [2.24, 2.45) is 5.73 Å². The molecule has 1 aromatic carbocycles. The topological polar surface area (TPSA) is 64.3 Å². The number of hydrogen-bond donors (Lipinski definition) is 2. The molecule has 1 amide bonds. The van der Waals surface area contributed by atoms with E-state index < -0.39 is 11.7 Å². The fourth-order valence-electron chi connectivity index (χ4n) is 2.48. The zero-order chi connectivity index (χ0) is 13.8. The standard InChI is InChI=1S/C14H19FN2O2/c1-19-11-5-2-9(3-6-11)17-10-4-7-13(15)12(8-10)14(16)18/h4,7-9,11,17H,2-3,5-6H2,1H3,(H2,16,18). The smallest absolute Gasteiger partial charge is 0.251 e. The summed E-state index contributed by atoms with van der Waals surface area (Å²) in [6, 6.07) is 4.70. The monoisotopic (exact) mass is 266 g/mol. The van der Waals surface area contributed by atoms with Crippen LogP contribution in [-0.4, -0.2) is 25.2 Å². The molecule has 0 bridgehead atoms. The van der Waals surface area contributed by atoms with E-state index in [0.717, 1.165) is 31.4 Å². The summed E-state index contributed by atoms with van der Waals surface area (Å²) < 4.78 is 18.7. The number of nitrogens with one attached hydrogen (secondary N) is 1. The molecule has 4 nitrogen and oxygen atoms in total. The zero-order valence-corrected chi connectivity index (χ0v) is 11.0. The van der Waals surface area contributed by atoms with Crippen molar-refractivity contribution >= 4 is 11.6 Å². The summed E-state index contributed by atoms with van der Waals surface area (Å²) in [7, 11) is 1.73. The van der Waals surface area contributed by atoms with Crippen molar-refractivity contribution in [2.75, 3.05) is 12.4 Å². The Morgan fingerprint density at radius 3 is 2.63 bits per heavy atom. The Morgan fingerprint density at radius 2 is 2.05 bits per heavy atom. The van der Waals surface area contributed by atoms with Crippen LogP contribution in [0.25, 0.3) is 0 Å². The Bertz CT molecular complexity index is 457. The van der Waals surface area contributed by atoms with E-state index >= 15 is 0 Å². The quantitative estimate of drug-likeness (QED) is 0.878. The molecule has 1 fully saturated rings. The normalized spacial score (nSPS) is 23.1. The van der Waals surface area contributed by atoms with Crippen LogP contribution in [0.1, 0.15) is 36.0 Å². The van der Waals surface area contributed by atoms with E-state index in [1.165, 1.54) is 12.1 Å². The van der Waals surface area contributed by atoms with Crippen molar-refractivity contribution in [1.82, 2.24) is 0 Å². The third-order valence-electron chi connectivity index (χ3n) is 3.61. The summed E-state index contributed by atoms with van der Waals surface area (Å²) in [4.78, 5) is 11.1. The van der Waals surface area contributed by atoms with Gasteiger partial charge >= 0.3 is 0 Å². The van der Waals surface area contributed by atoms with Crippen LogP contribution in [0.2, 0.25) is 0 Å². The molecular formula is C14H19FN2O2. The van der Waals surface area contributed by atoms with Crippen LogP contribution in [0.15, 0.2) is 18.2 Å². The van der Waals surface area contributed by atoms with Crippen molar-refractivity contribution in [1.29, 1.82) is 0 Å². The number of methoxy groups -OCH3 is 1. The number of nitrogens with two attached hydrogens (primary N) is 1. The molecule has 0 radical (unpaired) electrons. The molecule has 1 saturated carbocycles. The van der Waals surface area contributed by atoms with Gasteiger partial charge in [0.25, 0.3) is 5.91 Å². The molecule has 1 aromatic rings. The molecule has 0 aromatic heterocycles. The summed E-state index contributed by atoms with van der Waals surface area (Å²) in [6.07, 6.45) is 4.37. The summed E-state index contributed by atoms with van der Waals surface area (Å²) in [5, 5.41) is 3.32. The summed E-state index contributed by atoms with van der Waals surface area (Å²) in [5.74, 6) is -1.33. The highest BCUT2D eigenvalue weighted by atomic mass is 19.1. The van der Waals surface area contributed by atoms with E-state index in [4.69, 9.17) is 10.5 Å². The second-order valence-electron chi connectivity index (χ2n) is 4.91. The molecule has 0 saturated heterocycles. The van der Waals surface area contributed by atoms with Crippen LogP contribution < -0.4 is 11.1 Å². The lowest BCUT2D eigenvalue weighted by Crippen LogP contribution is -2.29. The maximum Gasteiger partial charge on any atom is 0.251 e. The third-order valence-corrected chi connectivity index (χ3v) is 3.61. The number of amides is 1. The number of anilines is 1. The van der Waals surface area contributed by atoms with Gasteiger partial charge in [0.05, 0.1) is 11.7 Å². The Balaban J connectivity index is 2.00. The number of primary amides is 1. The second kappa shape index (κ2) is 6.02. The van der Waals surface area contributed by atoms with Crippen molar-refractivity contribution < 1.29 is 13.9 Å². The van der Waals surface area contributed by atoms with Crippen LogP contribution in [-0.2, 0) is 4.74 Å². The molecule has 2 rings (SSSR count). The van der Waals surface area contributed by atoms with Gasteiger partial charge in [-0.3, -0.25) is 4.79 Å². The van der Waals surface area contributed by atoms with Crippen molar-refractivity contribution in [3.05, 3.63) is 29.6 Å². The molecule has 5 heteroatoms. The number of halogens is 1. The Hall–Kier alpha value is -1.62. The van der Waals surface area contributed by atoms with E-state index in [9.17, 15) is 9.18 Å². The number of rotatable bonds is 4. The van der Waals surface area contributed by atoms with Gasteiger partial charge in [-0.15, -0.1) is 0 Å². The second-order valence-corrected chi connectivity index (χ2v) is 4.91. The first-order valence-electron chi connectivity index (χ1n) is 6.49. The molecule has 19 heavy (non-hydrogen) atoms. The number of hydrogen-bond acceptors (Lipinski definition) is 3. The highest BCUT2D eigenvalue weighted by molar-refractivity contribution is 5.94. The minimum Gasteiger partial charge on any atom is -0.382 e. The van der Waals surface area contributed by atoms with E-state index in [0.29, 0.717) is 12.1 Å². The van der Waals surface area contributed by atoms with E-state index in [1.54, 1.807) is 13.2 Å². The molecule has 0 spiro atoms. The maximum atomic E-state index is 13.4. The van der Waals surface area contributed by atoms with E-state index in [-0.39, 0.29) is 5.56 Å². The number of ether oxygens (including phenoxy) is 1. The van der Waals surface area contributed by atoms with Gasteiger partial charge in [-0.1, -0.05) is 0 Å². The third kappa shape index (κ3) is 3.44. The average Bonchev–Trinajstić information content (AvgIpc) is 2.41. The predicted octanol–water partition coefficient (Wildman–Crippen LogP) is 2.29. The number of carbonyl (C=O) groups is 1. The van der Waals surface area contributed by atoms with Crippen LogP contribution in [0.4, 0.5) is 10.1 Å². The SMILES string of the molecule is COC1CCC(Nc2ccc(F)c(C(N)=O)c2)CC1. The first-order valence-corrected chi connectivity index (χ1v) is 6.49. The van der Waals surface area contributed by atoms with Gasteiger partial charge < -0.3 is 15.8 Å². The fourth-order valence-corrected chi connectivity index (χ4v) is 2.48. The van der Waals surface area contributed by atoms with Gasteiger partial charge in [0.1, 0.15) is 5.82 Å².